The zero-order valence-corrected chi connectivity index (χ0v) is 15.2. The van der Waals surface area contributed by atoms with Crippen LogP contribution in [0.2, 0.25) is 5.02 Å². The van der Waals surface area contributed by atoms with Gasteiger partial charge in [0.15, 0.2) is 0 Å². The molecule has 1 heterocycles. The average Bonchev–Trinajstić information content (AvgIpc) is 2.89. The predicted octanol–water partition coefficient (Wildman–Crippen LogP) is 5.21. The fraction of sp³-hybridized carbons (Fsp3) is 0.381. The smallest absolute Gasteiger partial charge is 0.317 e. The van der Waals surface area contributed by atoms with Crippen LogP contribution >= 0.6 is 11.6 Å². The summed E-state index contributed by atoms with van der Waals surface area (Å²) in [6.45, 7) is 1.43. The van der Waals surface area contributed by atoms with Crippen molar-refractivity contribution in [3.05, 3.63) is 70.7 Å². The predicted molar refractivity (Wildman–Crippen MR) is 103 cm³/mol. The van der Waals surface area contributed by atoms with Gasteiger partial charge in [0, 0.05) is 18.1 Å². The minimum Gasteiger partial charge on any atom is -0.338 e. The van der Waals surface area contributed by atoms with E-state index < -0.39 is 0 Å². The van der Waals surface area contributed by atoms with Crippen LogP contribution in [-0.4, -0.2) is 24.0 Å². The third kappa shape index (κ3) is 4.76. The quantitative estimate of drug-likeness (QED) is 0.801. The van der Waals surface area contributed by atoms with Gasteiger partial charge in [-0.25, -0.2) is 4.79 Å². The number of rotatable bonds is 4. The molecule has 0 aliphatic carbocycles. The van der Waals surface area contributed by atoms with Crippen LogP contribution in [0.3, 0.4) is 0 Å². The number of nitrogens with one attached hydrogen (secondary N) is 1. The summed E-state index contributed by atoms with van der Waals surface area (Å²) in [4.78, 5) is 14.8. The minimum absolute atomic E-state index is 0.0164. The number of likely N-dealkylation sites (tertiary alicyclic amines) is 1. The van der Waals surface area contributed by atoms with Gasteiger partial charge in [-0.2, -0.15) is 0 Å². The lowest BCUT2D eigenvalue weighted by molar-refractivity contribution is 0.176. The highest BCUT2D eigenvalue weighted by Gasteiger charge is 2.27. The molecule has 25 heavy (non-hydrogen) atoms. The molecule has 0 aromatic heterocycles. The van der Waals surface area contributed by atoms with Crippen molar-refractivity contribution in [1.29, 1.82) is 0 Å². The summed E-state index contributed by atoms with van der Waals surface area (Å²) in [5.74, 6) is 0. The highest BCUT2D eigenvalue weighted by atomic mass is 35.5. The Labute approximate surface area is 155 Å². The maximum Gasteiger partial charge on any atom is 0.317 e. The van der Waals surface area contributed by atoms with Gasteiger partial charge in [0.25, 0.3) is 0 Å². The molecule has 1 atom stereocenters. The molecule has 2 amide bonds. The Morgan fingerprint density at radius 2 is 1.80 bits per heavy atom. The maximum absolute atomic E-state index is 12.8. The molecule has 2 aromatic carbocycles. The van der Waals surface area contributed by atoms with Crippen molar-refractivity contribution in [1.82, 2.24) is 10.2 Å². The topological polar surface area (TPSA) is 32.3 Å². The summed E-state index contributed by atoms with van der Waals surface area (Å²) in [6, 6.07) is 18.2. The van der Waals surface area contributed by atoms with Crippen LogP contribution in [0.1, 0.15) is 42.9 Å². The normalized spacial score (nSPS) is 17.8. The zero-order valence-electron chi connectivity index (χ0n) is 14.5. The highest BCUT2D eigenvalue weighted by molar-refractivity contribution is 6.31. The lowest BCUT2D eigenvalue weighted by Gasteiger charge is -2.31. The lowest BCUT2D eigenvalue weighted by atomic mass is 10.0. The van der Waals surface area contributed by atoms with Crippen LogP contribution in [0.5, 0.6) is 0 Å². The molecule has 1 aliphatic heterocycles. The summed E-state index contributed by atoms with van der Waals surface area (Å²) in [5, 5.41) is 3.84. The molecular weight excluding hydrogens is 332 g/mol. The van der Waals surface area contributed by atoms with E-state index in [2.05, 4.69) is 17.4 Å². The van der Waals surface area contributed by atoms with Crippen molar-refractivity contribution in [2.45, 2.75) is 38.1 Å². The number of nitrogens with zero attached hydrogens (tertiary/aromatic N) is 1. The molecule has 3 nitrogen and oxygen atoms in total. The van der Waals surface area contributed by atoms with Gasteiger partial charge >= 0.3 is 6.03 Å². The number of carbonyl (C=O) groups excluding carboxylic acids is 1. The second-order valence-corrected chi connectivity index (χ2v) is 6.95. The summed E-state index contributed by atoms with van der Waals surface area (Å²) >= 11 is 6.41. The molecule has 0 spiro atoms. The lowest BCUT2D eigenvalue weighted by Crippen LogP contribution is -2.43. The maximum atomic E-state index is 12.8. The summed E-state index contributed by atoms with van der Waals surface area (Å²) in [5.41, 5.74) is 2.30. The van der Waals surface area contributed by atoms with E-state index in [-0.39, 0.29) is 12.1 Å². The van der Waals surface area contributed by atoms with Crippen LogP contribution in [-0.2, 0) is 6.42 Å². The Balaban J connectivity index is 1.66. The molecule has 1 unspecified atom stereocenters. The Bertz CT molecular complexity index is 689. The zero-order chi connectivity index (χ0) is 17.5. The molecule has 132 valence electrons. The van der Waals surface area contributed by atoms with E-state index in [0.717, 1.165) is 49.2 Å². The average molecular weight is 357 g/mol. The first-order valence-corrected chi connectivity index (χ1v) is 9.46. The Kier molecular flexibility index (Phi) is 6.35. The first-order valence-electron chi connectivity index (χ1n) is 9.08. The number of hydrogen-bond acceptors (Lipinski definition) is 1. The highest BCUT2D eigenvalue weighted by Crippen LogP contribution is 2.34. The fourth-order valence-corrected chi connectivity index (χ4v) is 3.74. The van der Waals surface area contributed by atoms with Gasteiger partial charge in [-0.15, -0.1) is 0 Å². The number of urea groups is 1. The molecule has 1 saturated heterocycles. The standard InChI is InChI=1S/C21H25ClN2O/c22-19-12-7-6-11-18(19)20-13-5-2-8-16-24(20)21(25)23-15-14-17-9-3-1-4-10-17/h1,3-4,6-7,9-12,20H,2,5,8,13-16H2,(H,23,25). The van der Waals surface area contributed by atoms with Crippen molar-refractivity contribution in [2.75, 3.05) is 13.1 Å². The van der Waals surface area contributed by atoms with E-state index in [1.807, 2.05) is 47.4 Å². The number of hydrogen-bond donors (Lipinski definition) is 1. The summed E-state index contributed by atoms with van der Waals surface area (Å²) in [6.07, 6.45) is 5.15. The van der Waals surface area contributed by atoms with E-state index in [1.54, 1.807) is 0 Å². The monoisotopic (exact) mass is 356 g/mol. The van der Waals surface area contributed by atoms with Crippen LogP contribution in [0.4, 0.5) is 4.79 Å². The van der Waals surface area contributed by atoms with Gasteiger partial charge in [-0.3, -0.25) is 0 Å². The van der Waals surface area contributed by atoms with Crippen LogP contribution in [0.15, 0.2) is 54.6 Å². The Morgan fingerprint density at radius 1 is 1.04 bits per heavy atom. The van der Waals surface area contributed by atoms with Gasteiger partial charge in [0.1, 0.15) is 0 Å². The fourth-order valence-electron chi connectivity index (χ4n) is 3.48. The second-order valence-electron chi connectivity index (χ2n) is 6.55. The largest absolute Gasteiger partial charge is 0.338 e. The third-order valence-corrected chi connectivity index (χ3v) is 5.15. The van der Waals surface area contributed by atoms with Gasteiger partial charge in [0.2, 0.25) is 0 Å². The van der Waals surface area contributed by atoms with Crippen molar-refractivity contribution in [2.24, 2.45) is 0 Å². The van der Waals surface area contributed by atoms with E-state index in [0.29, 0.717) is 6.54 Å². The Morgan fingerprint density at radius 3 is 2.60 bits per heavy atom. The molecule has 1 fully saturated rings. The molecule has 0 radical (unpaired) electrons. The van der Waals surface area contributed by atoms with Crippen molar-refractivity contribution in [3.8, 4) is 0 Å². The van der Waals surface area contributed by atoms with Crippen LogP contribution in [0, 0.1) is 0 Å². The van der Waals surface area contributed by atoms with E-state index in [4.69, 9.17) is 11.6 Å². The number of halogens is 1. The summed E-state index contributed by atoms with van der Waals surface area (Å²) < 4.78 is 0. The third-order valence-electron chi connectivity index (χ3n) is 4.81. The van der Waals surface area contributed by atoms with E-state index >= 15 is 0 Å². The number of amides is 2. The van der Waals surface area contributed by atoms with E-state index in [9.17, 15) is 4.79 Å². The van der Waals surface area contributed by atoms with Gasteiger partial charge < -0.3 is 10.2 Å². The minimum atomic E-state index is 0.0164. The van der Waals surface area contributed by atoms with Crippen molar-refractivity contribution in [3.63, 3.8) is 0 Å². The number of carbonyl (C=O) groups is 1. The van der Waals surface area contributed by atoms with Crippen molar-refractivity contribution < 1.29 is 4.79 Å². The first-order chi connectivity index (χ1) is 12.3. The van der Waals surface area contributed by atoms with Gasteiger partial charge in [0.05, 0.1) is 6.04 Å². The van der Waals surface area contributed by atoms with Crippen molar-refractivity contribution >= 4 is 17.6 Å². The summed E-state index contributed by atoms with van der Waals surface area (Å²) in [7, 11) is 0. The second kappa shape index (κ2) is 8.91. The van der Waals surface area contributed by atoms with Gasteiger partial charge in [-0.05, 0) is 36.5 Å². The number of benzene rings is 2. The molecule has 1 aliphatic rings. The molecule has 3 rings (SSSR count). The SMILES string of the molecule is O=C(NCCc1ccccc1)N1CCCCCC1c1ccccc1Cl. The van der Waals surface area contributed by atoms with Crippen LogP contribution < -0.4 is 5.32 Å². The van der Waals surface area contributed by atoms with Crippen LogP contribution in [0.25, 0.3) is 0 Å². The molecule has 1 N–H and O–H groups in total. The van der Waals surface area contributed by atoms with E-state index in [1.165, 1.54) is 5.56 Å². The Hall–Kier alpha value is -2.00. The molecule has 2 aromatic rings. The first kappa shape index (κ1) is 17.8. The molecule has 0 bridgehead atoms. The molecule has 0 saturated carbocycles. The molecule has 4 heteroatoms. The van der Waals surface area contributed by atoms with Gasteiger partial charge in [-0.1, -0.05) is 73.0 Å². The molecular formula is C21H25ClN2O.